The van der Waals surface area contributed by atoms with Crippen molar-refractivity contribution < 1.29 is 4.74 Å². The minimum Gasteiger partial charge on any atom is -0.379 e. The Morgan fingerprint density at radius 2 is 1.58 bits per heavy atom. The van der Waals surface area contributed by atoms with Gasteiger partial charge in [0.05, 0.1) is 13.2 Å². The zero-order valence-corrected chi connectivity index (χ0v) is 8.95. The van der Waals surface area contributed by atoms with Gasteiger partial charge in [0.15, 0.2) is 0 Å². The third-order valence-electron chi connectivity index (χ3n) is 3.14. The van der Waals surface area contributed by atoms with E-state index in [1.54, 1.807) is 12.1 Å². The second-order valence-electron chi connectivity index (χ2n) is 3.94. The molecule has 0 aromatic heterocycles. The molecule has 0 aromatic rings. The molecule has 2 saturated heterocycles. The first-order valence-electron chi connectivity index (χ1n) is 5.28. The van der Waals surface area contributed by atoms with Gasteiger partial charge in [-0.25, -0.2) is 0 Å². The molecule has 12 heavy (non-hydrogen) atoms. The Bertz CT molecular complexity index is 114. The molecule has 0 bridgehead atoms. The highest BCUT2D eigenvalue weighted by atomic mass is 28.3. The van der Waals surface area contributed by atoms with Gasteiger partial charge in [0.2, 0.25) is 0 Å². The Morgan fingerprint density at radius 1 is 0.917 bits per heavy atom. The SMILES string of the molecule is C1CC[SiH](N2CCOCC2)CC1. The van der Waals surface area contributed by atoms with Crippen molar-refractivity contribution in [3.05, 3.63) is 0 Å². The van der Waals surface area contributed by atoms with E-state index >= 15 is 0 Å². The van der Waals surface area contributed by atoms with Gasteiger partial charge >= 0.3 is 0 Å². The Balaban J connectivity index is 1.80. The molecular weight excluding hydrogens is 166 g/mol. The summed E-state index contributed by atoms with van der Waals surface area (Å²) in [6.45, 7) is 4.45. The molecule has 0 aromatic carbocycles. The highest BCUT2D eigenvalue weighted by molar-refractivity contribution is 6.56. The first-order chi connectivity index (χ1) is 5.97. The molecule has 0 atom stereocenters. The summed E-state index contributed by atoms with van der Waals surface area (Å²) in [4.78, 5) is 0. The molecule has 2 rings (SSSR count). The quantitative estimate of drug-likeness (QED) is 0.570. The van der Waals surface area contributed by atoms with Gasteiger partial charge in [0.25, 0.3) is 0 Å². The van der Waals surface area contributed by atoms with Crippen LogP contribution < -0.4 is 0 Å². The number of ether oxygens (including phenoxy) is 1. The van der Waals surface area contributed by atoms with Crippen LogP contribution in [0, 0.1) is 0 Å². The lowest BCUT2D eigenvalue weighted by atomic mass is 10.3. The topological polar surface area (TPSA) is 12.5 Å². The summed E-state index contributed by atoms with van der Waals surface area (Å²) in [5, 5.41) is 0. The van der Waals surface area contributed by atoms with Gasteiger partial charge in [-0.2, -0.15) is 0 Å². The van der Waals surface area contributed by atoms with E-state index in [1.165, 1.54) is 32.4 Å². The van der Waals surface area contributed by atoms with E-state index in [9.17, 15) is 0 Å². The van der Waals surface area contributed by atoms with E-state index in [0.717, 1.165) is 13.2 Å². The van der Waals surface area contributed by atoms with E-state index < -0.39 is 8.96 Å². The summed E-state index contributed by atoms with van der Waals surface area (Å²) >= 11 is 0. The van der Waals surface area contributed by atoms with Crippen LogP contribution in [0.3, 0.4) is 0 Å². The van der Waals surface area contributed by atoms with Gasteiger partial charge in [0.1, 0.15) is 8.96 Å². The van der Waals surface area contributed by atoms with Crippen LogP contribution in [0.1, 0.15) is 19.3 Å². The van der Waals surface area contributed by atoms with Crippen LogP contribution in [0.25, 0.3) is 0 Å². The van der Waals surface area contributed by atoms with Gasteiger partial charge in [-0.05, 0) is 12.1 Å². The highest BCUT2D eigenvalue weighted by Crippen LogP contribution is 2.21. The molecule has 0 aliphatic carbocycles. The summed E-state index contributed by atoms with van der Waals surface area (Å²) < 4.78 is 8.14. The first kappa shape index (κ1) is 8.72. The summed E-state index contributed by atoms with van der Waals surface area (Å²) in [5.74, 6) is 0. The van der Waals surface area contributed by atoms with Gasteiger partial charge in [-0.1, -0.05) is 19.3 Å². The van der Waals surface area contributed by atoms with E-state index in [2.05, 4.69) is 4.57 Å². The predicted molar refractivity (Wildman–Crippen MR) is 53.0 cm³/mol. The van der Waals surface area contributed by atoms with Crippen LogP contribution in [-0.4, -0.2) is 39.8 Å². The molecule has 0 N–H and O–H groups in total. The molecule has 70 valence electrons. The largest absolute Gasteiger partial charge is 0.379 e. The standard InChI is InChI=1S/C9H19NOSi/c1-2-8-12(9-3-1)10-4-6-11-7-5-10/h12H,1-9H2. The lowest BCUT2D eigenvalue weighted by Gasteiger charge is -2.35. The van der Waals surface area contributed by atoms with Crippen molar-refractivity contribution in [1.82, 2.24) is 4.57 Å². The molecule has 0 amide bonds. The Labute approximate surface area is 76.6 Å². The fourth-order valence-electron chi connectivity index (χ4n) is 2.39. The first-order valence-corrected chi connectivity index (χ1v) is 7.43. The van der Waals surface area contributed by atoms with Crippen LogP contribution in [-0.2, 0) is 4.74 Å². The maximum atomic E-state index is 5.37. The minimum absolute atomic E-state index is 0.454. The summed E-state index contributed by atoms with van der Waals surface area (Å²) in [5.41, 5.74) is 0. The van der Waals surface area contributed by atoms with Crippen molar-refractivity contribution in [2.24, 2.45) is 0 Å². The molecule has 0 saturated carbocycles. The molecule has 0 spiro atoms. The van der Waals surface area contributed by atoms with E-state index in [-0.39, 0.29) is 0 Å². The molecule has 2 heterocycles. The maximum absolute atomic E-state index is 5.37. The molecule has 2 aliphatic heterocycles. The number of hydrogen-bond donors (Lipinski definition) is 0. The summed E-state index contributed by atoms with van der Waals surface area (Å²) in [7, 11) is -0.454. The fraction of sp³-hybridized carbons (Fsp3) is 1.00. The van der Waals surface area contributed by atoms with Gasteiger partial charge in [0, 0.05) is 13.1 Å². The minimum atomic E-state index is -0.454. The predicted octanol–water partition coefficient (Wildman–Crippen LogP) is 1.23. The Morgan fingerprint density at radius 3 is 2.25 bits per heavy atom. The average Bonchev–Trinajstić information content (AvgIpc) is 2.21. The van der Waals surface area contributed by atoms with Crippen molar-refractivity contribution in [1.29, 1.82) is 0 Å². The molecule has 2 aliphatic rings. The van der Waals surface area contributed by atoms with Crippen molar-refractivity contribution in [2.45, 2.75) is 31.4 Å². The van der Waals surface area contributed by atoms with Crippen LogP contribution in [0.4, 0.5) is 0 Å². The molecular formula is C9H19NOSi. The van der Waals surface area contributed by atoms with Crippen molar-refractivity contribution in [2.75, 3.05) is 26.3 Å². The lowest BCUT2D eigenvalue weighted by Crippen LogP contribution is -2.47. The zero-order chi connectivity index (χ0) is 8.23. The van der Waals surface area contributed by atoms with E-state index in [1.807, 2.05) is 0 Å². The third-order valence-corrected chi connectivity index (χ3v) is 6.84. The van der Waals surface area contributed by atoms with E-state index in [0.29, 0.717) is 0 Å². The van der Waals surface area contributed by atoms with E-state index in [4.69, 9.17) is 4.74 Å². The highest BCUT2D eigenvalue weighted by Gasteiger charge is 2.23. The number of hydrogen-bond acceptors (Lipinski definition) is 2. The van der Waals surface area contributed by atoms with Gasteiger partial charge in [-0.15, -0.1) is 0 Å². The second-order valence-corrected chi connectivity index (χ2v) is 7.13. The van der Waals surface area contributed by atoms with Crippen LogP contribution in [0.2, 0.25) is 12.1 Å². The molecule has 3 heteroatoms. The van der Waals surface area contributed by atoms with Crippen LogP contribution in [0.15, 0.2) is 0 Å². The van der Waals surface area contributed by atoms with Gasteiger partial charge in [-0.3, -0.25) is 0 Å². The maximum Gasteiger partial charge on any atom is 0.112 e. The summed E-state index contributed by atoms with van der Waals surface area (Å²) in [6, 6.07) is 3.14. The zero-order valence-electron chi connectivity index (χ0n) is 7.80. The molecule has 2 nitrogen and oxygen atoms in total. The second kappa shape index (κ2) is 4.39. The number of morpholine rings is 1. The van der Waals surface area contributed by atoms with Crippen molar-refractivity contribution in [3.8, 4) is 0 Å². The van der Waals surface area contributed by atoms with Crippen molar-refractivity contribution >= 4 is 8.96 Å². The monoisotopic (exact) mass is 185 g/mol. The summed E-state index contributed by atoms with van der Waals surface area (Å²) in [6.07, 6.45) is 4.51. The Kier molecular flexibility index (Phi) is 3.19. The molecule has 2 fully saturated rings. The number of nitrogens with zero attached hydrogens (tertiary/aromatic N) is 1. The van der Waals surface area contributed by atoms with Gasteiger partial charge < -0.3 is 9.30 Å². The van der Waals surface area contributed by atoms with Crippen molar-refractivity contribution in [3.63, 3.8) is 0 Å². The van der Waals surface area contributed by atoms with Crippen LogP contribution >= 0.6 is 0 Å². The normalized spacial score (nSPS) is 29.0. The lowest BCUT2D eigenvalue weighted by molar-refractivity contribution is 0.0700. The van der Waals surface area contributed by atoms with Crippen LogP contribution in [0.5, 0.6) is 0 Å². The smallest absolute Gasteiger partial charge is 0.112 e. The third kappa shape index (κ3) is 2.09. The Hall–Kier alpha value is 0.137. The molecule has 0 unspecified atom stereocenters. The molecule has 0 radical (unpaired) electrons. The number of rotatable bonds is 1. The average molecular weight is 185 g/mol. The fourth-order valence-corrected chi connectivity index (χ4v) is 5.87.